The Morgan fingerprint density at radius 1 is 1.31 bits per heavy atom. The minimum Gasteiger partial charge on any atom is -0.489 e. The van der Waals surface area contributed by atoms with Gasteiger partial charge in [-0.15, -0.1) is 0 Å². The van der Waals surface area contributed by atoms with Gasteiger partial charge in [0.05, 0.1) is 0 Å². The second-order valence-corrected chi connectivity index (χ2v) is 4.40. The summed E-state index contributed by atoms with van der Waals surface area (Å²) in [7, 11) is 0. The summed E-state index contributed by atoms with van der Waals surface area (Å²) in [5.74, 6) is 0.997. The minimum absolute atomic E-state index is 0.216. The van der Waals surface area contributed by atoms with Gasteiger partial charge in [0, 0.05) is 6.54 Å². The van der Waals surface area contributed by atoms with Gasteiger partial charge in [-0.2, -0.15) is 0 Å². The number of ether oxygens (including phenoxy) is 1. The average Bonchev–Trinajstić information content (AvgIpc) is 2.23. The maximum Gasteiger partial charge on any atom is 0.122 e. The highest BCUT2D eigenvalue weighted by Gasteiger charge is 2.05. The van der Waals surface area contributed by atoms with E-state index < -0.39 is 0 Å². The van der Waals surface area contributed by atoms with Crippen molar-refractivity contribution < 1.29 is 4.74 Å². The van der Waals surface area contributed by atoms with Gasteiger partial charge in [-0.25, -0.2) is 0 Å². The van der Waals surface area contributed by atoms with Gasteiger partial charge in [0.2, 0.25) is 0 Å². The molecular weight excluding hydrogens is 198 g/mol. The summed E-state index contributed by atoms with van der Waals surface area (Å²) in [5.41, 5.74) is 2.49. The Morgan fingerprint density at radius 2 is 2.06 bits per heavy atom. The third-order valence-electron chi connectivity index (χ3n) is 2.52. The molecule has 16 heavy (non-hydrogen) atoms. The monoisotopic (exact) mass is 221 g/mol. The number of rotatable bonds is 6. The molecular formula is C14H23NO. The van der Waals surface area contributed by atoms with E-state index in [4.69, 9.17) is 4.74 Å². The van der Waals surface area contributed by atoms with E-state index >= 15 is 0 Å². The molecule has 0 radical (unpaired) electrons. The van der Waals surface area contributed by atoms with Gasteiger partial charge in [0.1, 0.15) is 11.9 Å². The second-order valence-electron chi connectivity index (χ2n) is 4.40. The molecule has 1 aromatic rings. The van der Waals surface area contributed by atoms with Gasteiger partial charge in [0.15, 0.2) is 0 Å². The van der Waals surface area contributed by atoms with Crippen molar-refractivity contribution in [3.8, 4) is 5.75 Å². The van der Waals surface area contributed by atoms with Crippen LogP contribution in [0.4, 0.5) is 0 Å². The van der Waals surface area contributed by atoms with E-state index in [1.807, 2.05) is 0 Å². The SMILES string of the molecule is CCCNCC(C)Oc1ccc(C)cc1C. The van der Waals surface area contributed by atoms with Gasteiger partial charge in [0.25, 0.3) is 0 Å². The fourth-order valence-electron chi connectivity index (χ4n) is 1.67. The van der Waals surface area contributed by atoms with Crippen molar-refractivity contribution in [2.45, 2.75) is 40.2 Å². The lowest BCUT2D eigenvalue weighted by Gasteiger charge is -2.17. The summed E-state index contributed by atoms with van der Waals surface area (Å²) < 4.78 is 5.88. The first kappa shape index (κ1) is 13.0. The third-order valence-corrected chi connectivity index (χ3v) is 2.52. The summed E-state index contributed by atoms with van der Waals surface area (Å²) >= 11 is 0. The number of hydrogen-bond donors (Lipinski definition) is 1. The Kier molecular flexibility index (Phi) is 5.33. The number of nitrogens with one attached hydrogen (secondary N) is 1. The largest absolute Gasteiger partial charge is 0.489 e. The van der Waals surface area contributed by atoms with E-state index in [0.29, 0.717) is 0 Å². The molecule has 1 rings (SSSR count). The van der Waals surface area contributed by atoms with Crippen molar-refractivity contribution in [2.75, 3.05) is 13.1 Å². The van der Waals surface area contributed by atoms with Crippen LogP contribution in [0.25, 0.3) is 0 Å². The van der Waals surface area contributed by atoms with Crippen LogP contribution in [0.2, 0.25) is 0 Å². The number of benzene rings is 1. The molecule has 0 aliphatic carbocycles. The first-order chi connectivity index (χ1) is 7.63. The van der Waals surface area contributed by atoms with E-state index in [2.05, 4.69) is 51.2 Å². The van der Waals surface area contributed by atoms with E-state index in [1.165, 1.54) is 11.1 Å². The topological polar surface area (TPSA) is 21.3 Å². The van der Waals surface area contributed by atoms with E-state index in [1.54, 1.807) is 0 Å². The first-order valence-electron chi connectivity index (χ1n) is 6.08. The van der Waals surface area contributed by atoms with Crippen LogP contribution in [0.1, 0.15) is 31.4 Å². The van der Waals surface area contributed by atoms with Crippen LogP contribution >= 0.6 is 0 Å². The zero-order valence-corrected chi connectivity index (χ0v) is 10.8. The highest BCUT2D eigenvalue weighted by molar-refractivity contribution is 5.35. The van der Waals surface area contributed by atoms with Crippen LogP contribution in [0.15, 0.2) is 18.2 Å². The molecule has 0 aliphatic rings. The Balaban J connectivity index is 2.46. The van der Waals surface area contributed by atoms with Crippen LogP contribution in [0.5, 0.6) is 5.75 Å². The van der Waals surface area contributed by atoms with Gasteiger partial charge >= 0.3 is 0 Å². The molecule has 0 amide bonds. The molecule has 1 unspecified atom stereocenters. The normalized spacial score (nSPS) is 12.5. The van der Waals surface area contributed by atoms with Crippen LogP contribution in [-0.4, -0.2) is 19.2 Å². The molecule has 0 spiro atoms. The molecule has 0 heterocycles. The van der Waals surface area contributed by atoms with E-state index in [0.717, 1.165) is 25.3 Å². The lowest BCUT2D eigenvalue weighted by Crippen LogP contribution is -2.29. The van der Waals surface area contributed by atoms with E-state index in [-0.39, 0.29) is 6.10 Å². The Labute approximate surface area is 99.0 Å². The van der Waals surface area contributed by atoms with Crippen molar-refractivity contribution in [2.24, 2.45) is 0 Å². The van der Waals surface area contributed by atoms with Crippen molar-refractivity contribution in [1.82, 2.24) is 5.32 Å². The quantitative estimate of drug-likeness (QED) is 0.745. The Morgan fingerprint density at radius 3 is 2.69 bits per heavy atom. The van der Waals surface area contributed by atoms with E-state index in [9.17, 15) is 0 Å². The molecule has 0 aliphatic heterocycles. The summed E-state index contributed by atoms with van der Waals surface area (Å²) in [5, 5.41) is 3.36. The van der Waals surface area contributed by atoms with Gasteiger partial charge in [-0.1, -0.05) is 24.6 Å². The van der Waals surface area contributed by atoms with Crippen molar-refractivity contribution in [1.29, 1.82) is 0 Å². The number of hydrogen-bond acceptors (Lipinski definition) is 2. The van der Waals surface area contributed by atoms with Crippen LogP contribution < -0.4 is 10.1 Å². The zero-order valence-electron chi connectivity index (χ0n) is 10.8. The minimum atomic E-state index is 0.216. The smallest absolute Gasteiger partial charge is 0.122 e. The first-order valence-corrected chi connectivity index (χ1v) is 6.08. The van der Waals surface area contributed by atoms with Crippen molar-refractivity contribution in [3.63, 3.8) is 0 Å². The molecule has 2 nitrogen and oxygen atoms in total. The summed E-state index contributed by atoms with van der Waals surface area (Å²) in [4.78, 5) is 0. The van der Waals surface area contributed by atoms with Crippen LogP contribution in [0.3, 0.4) is 0 Å². The fraction of sp³-hybridized carbons (Fsp3) is 0.571. The average molecular weight is 221 g/mol. The van der Waals surface area contributed by atoms with Crippen molar-refractivity contribution >= 4 is 0 Å². The molecule has 1 N–H and O–H groups in total. The lowest BCUT2D eigenvalue weighted by atomic mass is 10.1. The van der Waals surface area contributed by atoms with Crippen LogP contribution in [-0.2, 0) is 0 Å². The lowest BCUT2D eigenvalue weighted by molar-refractivity contribution is 0.216. The predicted molar refractivity (Wildman–Crippen MR) is 69.2 cm³/mol. The maximum atomic E-state index is 5.88. The standard InChI is InChI=1S/C14H23NO/c1-5-8-15-10-13(4)16-14-7-6-11(2)9-12(14)3/h6-7,9,13,15H,5,8,10H2,1-4H3. The Bertz CT molecular complexity index is 323. The molecule has 1 aromatic carbocycles. The third kappa shape index (κ3) is 4.23. The fourth-order valence-corrected chi connectivity index (χ4v) is 1.67. The maximum absolute atomic E-state index is 5.88. The number of aryl methyl sites for hydroxylation is 2. The highest BCUT2D eigenvalue weighted by atomic mass is 16.5. The Hall–Kier alpha value is -1.02. The molecule has 0 fully saturated rings. The molecule has 0 aromatic heterocycles. The molecule has 0 saturated heterocycles. The predicted octanol–water partition coefficient (Wildman–Crippen LogP) is 3.07. The highest BCUT2D eigenvalue weighted by Crippen LogP contribution is 2.19. The summed E-state index contributed by atoms with van der Waals surface area (Å²) in [6.45, 7) is 10.4. The molecule has 0 bridgehead atoms. The second kappa shape index (κ2) is 6.54. The molecule has 0 saturated carbocycles. The summed E-state index contributed by atoms with van der Waals surface area (Å²) in [6, 6.07) is 6.30. The van der Waals surface area contributed by atoms with Gasteiger partial charge in [-0.3, -0.25) is 0 Å². The van der Waals surface area contributed by atoms with Crippen LogP contribution in [0, 0.1) is 13.8 Å². The summed E-state index contributed by atoms with van der Waals surface area (Å²) in [6.07, 6.45) is 1.38. The molecule has 1 atom stereocenters. The molecule has 2 heteroatoms. The van der Waals surface area contributed by atoms with Gasteiger partial charge < -0.3 is 10.1 Å². The molecule has 90 valence electrons. The van der Waals surface area contributed by atoms with Gasteiger partial charge in [-0.05, 0) is 45.4 Å². The van der Waals surface area contributed by atoms with Crippen molar-refractivity contribution in [3.05, 3.63) is 29.3 Å². The zero-order chi connectivity index (χ0) is 12.0.